The molecule has 1 rings (SSSR count). The maximum Gasteiger partial charge on any atom is 0.243 e. The van der Waals surface area contributed by atoms with Gasteiger partial charge >= 0.3 is 0 Å². The molecule has 0 aromatic heterocycles. The maximum atomic E-state index is 12.7. The second-order valence-electron chi connectivity index (χ2n) is 4.39. The monoisotopic (exact) mass is 435 g/mol. The molecule has 0 radical (unpaired) electrons. The lowest BCUT2D eigenvalue weighted by Gasteiger charge is -2.19. The number of sulfonamides is 1. The largest absolute Gasteiger partial charge is 0.243 e. The normalized spacial score (nSPS) is 12.8. The molecule has 116 valence electrons. The van der Waals surface area contributed by atoms with Gasteiger partial charge in [-0.3, -0.25) is 0 Å². The molecule has 0 aliphatic rings. The Morgan fingerprint density at radius 1 is 0.952 bits per heavy atom. The highest BCUT2D eigenvalue weighted by molar-refractivity contribution is 9.09. The highest BCUT2D eigenvalue weighted by atomic mass is 79.9. The first-order valence-corrected chi connectivity index (χ1v) is 10.2. The van der Waals surface area contributed by atoms with Crippen LogP contribution in [0.3, 0.4) is 0 Å². The van der Waals surface area contributed by atoms with E-state index in [4.69, 9.17) is 0 Å². The van der Waals surface area contributed by atoms with Crippen LogP contribution in [0.4, 0.5) is 0 Å². The summed E-state index contributed by atoms with van der Waals surface area (Å²) in [6.45, 7) is 2.65. The minimum Gasteiger partial charge on any atom is -0.207 e. The van der Waals surface area contributed by atoms with E-state index in [-0.39, 0.29) is 0 Å². The summed E-state index contributed by atoms with van der Waals surface area (Å²) in [6.07, 6.45) is 7.49. The molecule has 0 amide bonds. The zero-order chi connectivity index (χ0) is 15.7. The first kappa shape index (κ1) is 18.6. The van der Waals surface area contributed by atoms with E-state index in [0.717, 1.165) is 5.56 Å². The Kier molecular flexibility index (Phi) is 8.48. The third-order valence-corrected chi connectivity index (χ3v) is 5.38. The zero-order valence-corrected chi connectivity index (χ0v) is 15.9. The zero-order valence-electron chi connectivity index (χ0n) is 11.9. The van der Waals surface area contributed by atoms with Gasteiger partial charge in [-0.15, -0.1) is 0 Å². The van der Waals surface area contributed by atoms with Crippen molar-refractivity contribution in [3.8, 4) is 0 Å². The van der Waals surface area contributed by atoms with Gasteiger partial charge in [0.2, 0.25) is 10.0 Å². The molecule has 21 heavy (non-hydrogen) atoms. The summed E-state index contributed by atoms with van der Waals surface area (Å²) >= 11 is 6.58. The summed E-state index contributed by atoms with van der Waals surface area (Å²) < 4.78 is 26.8. The van der Waals surface area contributed by atoms with Crippen molar-refractivity contribution in [2.24, 2.45) is 0 Å². The van der Waals surface area contributed by atoms with E-state index >= 15 is 0 Å². The van der Waals surface area contributed by atoms with Crippen molar-refractivity contribution in [3.05, 3.63) is 54.1 Å². The van der Waals surface area contributed by atoms with Crippen molar-refractivity contribution >= 4 is 41.9 Å². The van der Waals surface area contributed by atoms with Gasteiger partial charge in [0.15, 0.2) is 0 Å². The van der Waals surface area contributed by atoms with Crippen LogP contribution in [0.2, 0.25) is 0 Å². The third-order valence-electron chi connectivity index (χ3n) is 2.79. The van der Waals surface area contributed by atoms with Gasteiger partial charge in [0.05, 0.1) is 4.90 Å². The van der Waals surface area contributed by atoms with Crippen LogP contribution in [0.1, 0.15) is 5.56 Å². The van der Waals surface area contributed by atoms with Crippen LogP contribution in [0.25, 0.3) is 0 Å². The predicted octanol–water partition coefficient (Wildman–Crippen LogP) is 3.89. The van der Waals surface area contributed by atoms with E-state index in [1.807, 2.05) is 43.4 Å². The average molecular weight is 437 g/mol. The molecule has 0 aliphatic carbocycles. The number of allylic oxidation sites excluding steroid dienone is 2. The summed E-state index contributed by atoms with van der Waals surface area (Å²) in [6, 6.07) is 6.93. The molecule has 0 unspecified atom stereocenters. The fraction of sp³-hybridized carbons (Fsp3) is 0.333. The van der Waals surface area contributed by atoms with Crippen molar-refractivity contribution < 1.29 is 8.42 Å². The van der Waals surface area contributed by atoms with Crippen LogP contribution in [0.5, 0.6) is 0 Å². The van der Waals surface area contributed by atoms with Gasteiger partial charge in [-0.2, -0.15) is 4.31 Å². The summed E-state index contributed by atoms with van der Waals surface area (Å²) in [5.41, 5.74) is 1.04. The minimum absolute atomic E-state index is 0.326. The molecule has 1 aromatic rings. The lowest BCUT2D eigenvalue weighted by atomic mass is 10.2. The molecule has 1 aromatic carbocycles. The SMILES string of the molecule is Cc1ccc(S(=O)(=O)N(C/C=C/CBr)C/C=C/CBr)cc1. The fourth-order valence-electron chi connectivity index (χ4n) is 1.64. The predicted molar refractivity (Wildman–Crippen MR) is 95.8 cm³/mol. The van der Waals surface area contributed by atoms with Crippen LogP contribution in [0, 0.1) is 6.92 Å². The van der Waals surface area contributed by atoms with E-state index in [1.54, 1.807) is 12.1 Å². The highest BCUT2D eigenvalue weighted by Gasteiger charge is 2.22. The first-order valence-electron chi connectivity index (χ1n) is 6.51. The summed E-state index contributed by atoms with van der Waals surface area (Å²) in [7, 11) is -3.48. The number of hydrogen-bond acceptors (Lipinski definition) is 2. The number of halogens is 2. The molecule has 6 heteroatoms. The molecule has 0 N–H and O–H groups in total. The standard InChI is InChI=1S/C15H19Br2NO2S/c1-14-6-8-15(9-7-14)21(19,20)18(12-4-2-10-16)13-5-3-11-17/h2-9H,10-13H2,1H3/b4-2+,5-3+. The molecule has 0 saturated carbocycles. The van der Waals surface area contributed by atoms with E-state index < -0.39 is 10.0 Å². The Hall–Kier alpha value is -0.430. The van der Waals surface area contributed by atoms with Gasteiger partial charge in [0, 0.05) is 23.7 Å². The number of rotatable bonds is 8. The van der Waals surface area contributed by atoms with Crippen molar-refractivity contribution in [3.63, 3.8) is 0 Å². The van der Waals surface area contributed by atoms with Gasteiger partial charge in [0.25, 0.3) is 0 Å². The van der Waals surface area contributed by atoms with Gasteiger partial charge < -0.3 is 0 Å². The van der Waals surface area contributed by atoms with E-state index in [2.05, 4.69) is 31.9 Å². The molecule has 0 heterocycles. The van der Waals surface area contributed by atoms with Crippen LogP contribution in [0.15, 0.2) is 53.5 Å². The Morgan fingerprint density at radius 3 is 1.86 bits per heavy atom. The Labute approximate surface area is 144 Å². The first-order chi connectivity index (χ1) is 10.0. The molecule has 0 bridgehead atoms. The lowest BCUT2D eigenvalue weighted by molar-refractivity contribution is 0.473. The molecular formula is C15H19Br2NO2S. The van der Waals surface area contributed by atoms with Crippen molar-refractivity contribution in [2.45, 2.75) is 11.8 Å². The molecule has 0 aliphatic heterocycles. The molecule has 0 fully saturated rings. The van der Waals surface area contributed by atoms with Gasteiger partial charge in [-0.1, -0.05) is 73.9 Å². The molecular weight excluding hydrogens is 418 g/mol. The number of benzene rings is 1. The minimum atomic E-state index is -3.48. The number of hydrogen-bond donors (Lipinski definition) is 0. The Balaban J connectivity index is 3.00. The molecule has 0 saturated heterocycles. The second kappa shape index (κ2) is 9.56. The van der Waals surface area contributed by atoms with Crippen LogP contribution >= 0.6 is 31.9 Å². The van der Waals surface area contributed by atoms with Crippen molar-refractivity contribution in [2.75, 3.05) is 23.7 Å². The van der Waals surface area contributed by atoms with E-state index in [9.17, 15) is 8.42 Å². The maximum absolute atomic E-state index is 12.7. The van der Waals surface area contributed by atoms with Crippen LogP contribution in [-0.4, -0.2) is 36.5 Å². The topological polar surface area (TPSA) is 37.4 Å². The van der Waals surface area contributed by atoms with Crippen molar-refractivity contribution in [1.82, 2.24) is 4.31 Å². The molecule has 0 atom stereocenters. The van der Waals surface area contributed by atoms with Gasteiger partial charge in [-0.05, 0) is 19.1 Å². The average Bonchev–Trinajstić information content (AvgIpc) is 2.46. The Bertz CT molecular complexity index is 564. The van der Waals surface area contributed by atoms with Gasteiger partial charge in [0.1, 0.15) is 0 Å². The quantitative estimate of drug-likeness (QED) is 0.457. The van der Waals surface area contributed by atoms with Gasteiger partial charge in [-0.25, -0.2) is 8.42 Å². The van der Waals surface area contributed by atoms with E-state index in [0.29, 0.717) is 28.6 Å². The molecule has 3 nitrogen and oxygen atoms in total. The smallest absolute Gasteiger partial charge is 0.207 e. The van der Waals surface area contributed by atoms with Crippen molar-refractivity contribution in [1.29, 1.82) is 0 Å². The van der Waals surface area contributed by atoms with Crippen LogP contribution in [-0.2, 0) is 10.0 Å². The number of aryl methyl sites for hydroxylation is 1. The van der Waals surface area contributed by atoms with E-state index in [1.165, 1.54) is 4.31 Å². The highest BCUT2D eigenvalue weighted by Crippen LogP contribution is 2.16. The summed E-state index contributed by atoms with van der Waals surface area (Å²) in [5.74, 6) is 0. The lowest BCUT2D eigenvalue weighted by Crippen LogP contribution is -2.31. The number of nitrogens with zero attached hydrogens (tertiary/aromatic N) is 1. The number of alkyl halides is 2. The Morgan fingerprint density at radius 2 is 1.43 bits per heavy atom. The summed E-state index contributed by atoms with van der Waals surface area (Å²) in [4.78, 5) is 0.326. The fourth-order valence-corrected chi connectivity index (χ4v) is 3.51. The third kappa shape index (κ3) is 6.06. The molecule has 0 spiro atoms. The summed E-state index contributed by atoms with van der Waals surface area (Å²) in [5, 5.41) is 1.42. The second-order valence-corrected chi connectivity index (χ2v) is 7.62. The van der Waals surface area contributed by atoms with Crippen LogP contribution < -0.4 is 0 Å².